The van der Waals surface area contributed by atoms with Crippen LogP contribution in [0.4, 0.5) is 0 Å². The minimum Gasteiger partial charge on any atom is -0.310 e. The van der Waals surface area contributed by atoms with Crippen molar-refractivity contribution in [3.63, 3.8) is 0 Å². The molecule has 0 saturated heterocycles. The van der Waals surface area contributed by atoms with Crippen LogP contribution in [0.5, 0.6) is 0 Å². The Morgan fingerprint density at radius 3 is 2.50 bits per heavy atom. The molecular weight excluding hydrogens is 170 g/mol. The molecular formula is C13H21N. The third-order valence-corrected chi connectivity index (χ3v) is 4.82. The second-order valence-electron chi connectivity index (χ2n) is 5.50. The molecule has 3 fully saturated rings. The van der Waals surface area contributed by atoms with E-state index in [0.717, 1.165) is 42.7 Å². The molecule has 3 aliphatic carbocycles. The lowest BCUT2D eigenvalue weighted by Crippen LogP contribution is -2.24. The summed E-state index contributed by atoms with van der Waals surface area (Å²) in [7, 11) is 0. The monoisotopic (exact) mass is 191 g/mol. The van der Waals surface area contributed by atoms with E-state index in [2.05, 4.69) is 18.8 Å². The zero-order valence-corrected chi connectivity index (χ0v) is 9.13. The predicted molar refractivity (Wildman–Crippen MR) is 59.0 cm³/mol. The molecule has 0 aliphatic heterocycles. The Morgan fingerprint density at radius 1 is 1.29 bits per heavy atom. The molecule has 2 bridgehead atoms. The number of hydrogen-bond donors (Lipinski definition) is 1. The standard InChI is InChI=1S/C13H21N/c1-3-8(2)7-14-13-11-9-4-5-10(6-9)12(11)13/h9-14H,2-7H2,1H3. The van der Waals surface area contributed by atoms with Crippen LogP contribution in [0.25, 0.3) is 0 Å². The van der Waals surface area contributed by atoms with Crippen LogP contribution < -0.4 is 5.32 Å². The average molecular weight is 191 g/mol. The van der Waals surface area contributed by atoms with E-state index in [1.54, 1.807) is 6.42 Å². The third kappa shape index (κ3) is 1.18. The van der Waals surface area contributed by atoms with Crippen molar-refractivity contribution in [2.24, 2.45) is 23.7 Å². The van der Waals surface area contributed by atoms with Crippen molar-refractivity contribution in [1.82, 2.24) is 5.32 Å². The van der Waals surface area contributed by atoms with Gasteiger partial charge in [0, 0.05) is 12.6 Å². The summed E-state index contributed by atoms with van der Waals surface area (Å²) in [5.41, 5.74) is 1.36. The Labute approximate surface area is 87.0 Å². The number of rotatable bonds is 4. The highest BCUT2D eigenvalue weighted by Gasteiger charge is 2.64. The molecule has 78 valence electrons. The van der Waals surface area contributed by atoms with E-state index in [1.165, 1.54) is 18.4 Å². The molecule has 0 aromatic carbocycles. The number of hydrogen-bond acceptors (Lipinski definition) is 1. The van der Waals surface area contributed by atoms with E-state index in [0.29, 0.717) is 0 Å². The smallest absolute Gasteiger partial charge is 0.0164 e. The Kier molecular flexibility index (Phi) is 1.98. The molecule has 3 saturated carbocycles. The fraction of sp³-hybridized carbons (Fsp3) is 0.846. The lowest BCUT2D eigenvalue weighted by molar-refractivity contribution is 0.456. The van der Waals surface area contributed by atoms with E-state index in [4.69, 9.17) is 0 Å². The van der Waals surface area contributed by atoms with Crippen LogP contribution in [0, 0.1) is 23.7 Å². The summed E-state index contributed by atoms with van der Waals surface area (Å²) >= 11 is 0. The van der Waals surface area contributed by atoms with Crippen LogP contribution >= 0.6 is 0 Å². The zero-order valence-electron chi connectivity index (χ0n) is 9.13. The maximum atomic E-state index is 4.06. The molecule has 0 aromatic heterocycles. The fourth-order valence-corrected chi connectivity index (χ4v) is 3.99. The van der Waals surface area contributed by atoms with Gasteiger partial charge in [-0.25, -0.2) is 0 Å². The Bertz CT molecular complexity index is 242. The van der Waals surface area contributed by atoms with E-state index in [-0.39, 0.29) is 0 Å². The van der Waals surface area contributed by atoms with Gasteiger partial charge in [-0.05, 0) is 49.4 Å². The van der Waals surface area contributed by atoms with Crippen LogP contribution in [0.1, 0.15) is 32.6 Å². The first kappa shape index (κ1) is 8.96. The SMILES string of the molecule is C=C(CC)CNC1C2C3CCC(C3)C12. The average Bonchev–Trinajstić information content (AvgIpc) is 2.60. The zero-order chi connectivity index (χ0) is 9.71. The van der Waals surface area contributed by atoms with Gasteiger partial charge in [0.25, 0.3) is 0 Å². The number of nitrogens with one attached hydrogen (secondary N) is 1. The van der Waals surface area contributed by atoms with Gasteiger partial charge in [-0.3, -0.25) is 0 Å². The van der Waals surface area contributed by atoms with Crippen molar-refractivity contribution >= 4 is 0 Å². The molecule has 1 N–H and O–H groups in total. The molecule has 14 heavy (non-hydrogen) atoms. The summed E-state index contributed by atoms with van der Waals surface area (Å²) in [5.74, 6) is 4.33. The van der Waals surface area contributed by atoms with E-state index in [9.17, 15) is 0 Å². The molecule has 0 radical (unpaired) electrons. The maximum absolute atomic E-state index is 4.06. The van der Waals surface area contributed by atoms with Gasteiger partial charge in [-0.1, -0.05) is 19.1 Å². The molecule has 0 heterocycles. The van der Waals surface area contributed by atoms with Gasteiger partial charge in [0.15, 0.2) is 0 Å². The van der Waals surface area contributed by atoms with Crippen molar-refractivity contribution in [1.29, 1.82) is 0 Å². The molecule has 0 aromatic rings. The van der Waals surface area contributed by atoms with E-state index in [1.807, 2.05) is 0 Å². The van der Waals surface area contributed by atoms with Crippen LogP contribution in [-0.4, -0.2) is 12.6 Å². The van der Waals surface area contributed by atoms with Crippen molar-refractivity contribution in [3.8, 4) is 0 Å². The van der Waals surface area contributed by atoms with Gasteiger partial charge in [0.05, 0.1) is 0 Å². The number of fused-ring (bicyclic) bond motifs is 5. The minimum atomic E-state index is 0.879. The lowest BCUT2D eigenvalue weighted by atomic mass is 10.0. The topological polar surface area (TPSA) is 12.0 Å². The van der Waals surface area contributed by atoms with Crippen molar-refractivity contribution in [3.05, 3.63) is 12.2 Å². The van der Waals surface area contributed by atoms with E-state index >= 15 is 0 Å². The van der Waals surface area contributed by atoms with E-state index < -0.39 is 0 Å². The maximum Gasteiger partial charge on any atom is 0.0164 e. The van der Waals surface area contributed by atoms with Crippen molar-refractivity contribution in [2.75, 3.05) is 6.54 Å². The Morgan fingerprint density at radius 2 is 1.93 bits per heavy atom. The first-order chi connectivity index (χ1) is 6.81. The van der Waals surface area contributed by atoms with Gasteiger partial charge in [0.2, 0.25) is 0 Å². The summed E-state index contributed by atoms with van der Waals surface area (Å²) in [6.45, 7) is 7.32. The third-order valence-electron chi connectivity index (χ3n) is 4.82. The van der Waals surface area contributed by atoms with Crippen LogP contribution in [0.3, 0.4) is 0 Å². The summed E-state index contributed by atoms with van der Waals surface area (Å²) < 4.78 is 0. The Hall–Kier alpha value is -0.300. The van der Waals surface area contributed by atoms with Crippen molar-refractivity contribution < 1.29 is 0 Å². The summed E-state index contributed by atoms with van der Waals surface area (Å²) in [5, 5.41) is 3.71. The van der Waals surface area contributed by atoms with Crippen LogP contribution in [0.2, 0.25) is 0 Å². The second-order valence-corrected chi connectivity index (χ2v) is 5.50. The largest absolute Gasteiger partial charge is 0.310 e. The molecule has 4 unspecified atom stereocenters. The Balaban J connectivity index is 1.52. The fourth-order valence-electron chi connectivity index (χ4n) is 3.99. The summed E-state index contributed by atoms with van der Waals surface area (Å²) in [6.07, 6.45) is 5.74. The lowest BCUT2D eigenvalue weighted by Gasteiger charge is -2.10. The molecule has 0 spiro atoms. The van der Waals surface area contributed by atoms with Gasteiger partial charge >= 0.3 is 0 Å². The normalized spacial score (nSPS) is 47.9. The first-order valence-electron chi connectivity index (χ1n) is 6.21. The quantitative estimate of drug-likeness (QED) is 0.673. The van der Waals surface area contributed by atoms with Gasteiger partial charge < -0.3 is 5.32 Å². The first-order valence-corrected chi connectivity index (χ1v) is 6.21. The second kappa shape index (κ2) is 3.10. The highest BCUT2D eigenvalue weighted by Crippen LogP contribution is 2.65. The minimum absolute atomic E-state index is 0.879. The molecule has 3 aliphatic rings. The molecule has 1 nitrogen and oxygen atoms in total. The van der Waals surface area contributed by atoms with Crippen LogP contribution in [0.15, 0.2) is 12.2 Å². The van der Waals surface area contributed by atoms with Crippen molar-refractivity contribution in [2.45, 2.75) is 38.6 Å². The highest BCUT2D eigenvalue weighted by atomic mass is 15.0. The summed E-state index contributed by atoms with van der Waals surface area (Å²) in [6, 6.07) is 0.879. The van der Waals surface area contributed by atoms with Crippen LogP contribution in [-0.2, 0) is 0 Å². The van der Waals surface area contributed by atoms with Gasteiger partial charge in [-0.15, -0.1) is 0 Å². The molecule has 3 rings (SSSR count). The highest BCUT2D eigenvalue weighted by molar-refractivity contribution is 5.17. The molecule has 4 atom stereocenters. The molecule has 0 amide bonds. The predicted octanol–water partition coefficient (Wildman–Crippen LogP) is 2.59. The van der Waals surface area contributed by atoms with Gasteiger partial charge in [-0.2, -0.15) is 0 Å². The molecule has 1 heteroatoms. The summed E-state index contributed by atoms with van der Waals surface area (Å²) in [4.78, 5) is 0. The van der Waals surface area contributed by atoms with Gasteiger partial charge in [0.1, 0.15) is 0 Å².